The van der Waals surface area contributed by atoms with E-state index in [0.717, 1.165) is 12.8 Å². The molecule has 4 aliphatic rings. The Hall–Kier alpha value is -3.21. The number of aromatic hydroxyl groups is 1. The molecule has 2 N–H and O–H groups in total. The van der Waals surface area contributed by atoms with Gasteiger partial charge in [0.2, 0.25) is 0 Å². The lowest BCUT2D eigenvalue weighted by Crippen LogP contribution is -2.50. The summed E-state index contributed by atoms with van der Waals surface area (Å²) in [7, 11) is 3.61. The first kappa shape index (κ1) is 29.8. The zero-order valence-corrected chi connectivity index (χ0v) is 26.0. The van der Waals surface area contributed by atoms with Gasteiger partial charge < -0.3 is 25.0 Å². The van der Waals surface area contributed by atoms with E-state index in [2.05, 4.69) is 45.3 Å². The SMILES string of the molecule is CN1CCCC1.COc1nc(N2CC3CCC(C)(C2)C(SC)N3)c2cc(F)c(-c3cc(O)cc4ccccc34)c(F)c2n1. The van der Waals surface area contributed by atoms with Crippen LogP contribution in [0.2, 0.25) is 0 Å². The van der Waals surface area contributed by atoms with Crippen LogP contribution in [0, 0.1) is 17.0 Å². The third kappa shape index (κ3) is 5.72. The Morgan fingerprint density at radius 2 is 1.86 bits per heavy atom. The van der Waals surface area contributed by atoms with E-state index in [1.807, 2.05) is 6.07 Å². The molecule has 3 unspecified atom stereocenters. The van der Waals surface area contributed by atoms with Crippen LogP contribution in [0.3, 0.4) is 0 Å². The quantitative estimate of drug-likeness (QED) is 0.275. The molecule has 1 aromatic heterocycles. The number of hydrogen-bond donors (Lipinski definition) is 2. The molecule has 4 aromatic rings. The summed E-state index contributed by atoms with van der Waals surface area (Å²) >= 11 is 1.80. The highest BCUT2D eigenvalue weighted by Gasteiger charge is 2.45. The van der Waals surface area contributed by atoms with Gasteiger partial charge in [-0.05, 0) is 86.6 Å². The lowest BCUT2D eigenvalue weighted by atomic mass is 9.81. The molecule has 4 aliphatic heterocycles. The van der Waals surface area contributed by atoms with Crippen molar-refractivity contribution in [2.24, 2.45) is 5.41 Å². The van der Waals surface area contributed by atoms with Crippen LogP contribution >= 0.6 is 11.8 Å². The first-order chi connectivity index (χ1) is 20.7. The van der Waals surface area contributed by atoms with E-state index in [4.69, 9.17) is 4.74 Å². The van der Waals surface area contributed by atoms with Crippen LogP contribution in [0.4, 0.5) is 14.6 Å². The monoisotopic (exact) mass is 607 g/mol. The smallest absolute Gasteiger partial charge is 0.318 e. The number of likely N-dealkylation sites (tertiary alicyclic amines) is 1. The summed E-state index contributed by atoms with van der Waals surface area (Å²) in [5.41, 5.74) is -0.0203. The summed E-state index contributed by atoms with van der Waals surface area (Å²) < 4.78 is 37.5. The Morgan fingerprint density at radius 3 is 2.56 bits per heavy atom. The zero-order chi connectivity index (χ0) is 30.3. The molecular formula is C33H39F2N5O2S. The molecular weight excluding hydrogens is 568 g/mol. The largest absolute Gasteiger partial charge is 0.508 e. The van der Waals surface area contributed by atoms with Crippen LogP contribution < -0.4 is 15.0 Å². The van der Waals surface area contributed by atoms with Gasteiger partial charge in [0.15, 0.2) is 5.82 Å². The van der Waals surface area contributed by atoms with Crippen molar-refractivity contribution in [1.82, 2.24) is 20.2 Å². The molecule has 228 valence electrons. The number of anilines is 1. The van der Waals surface area contributed by atoms with E-state index < -0.39 is 11.6 Å². The number of hydrogen-bond acceptors (Lipinski definition) is 8. The third-order valence-corrected chi connectivity index (χ3v) is 10.3. The standard InChI is InChI=1S/C28H28F2N4O2S.C5H11N/c1-28-9-8-16(31-26(28)37-3)13-34(14-28)25-20-12-21(29)22(23(30)24(20)32-27(33-25)36-2)19-11-17(35)10-15-6-4-5-7-18(15)19;1-6-4-2-3-5-6/h4-7,10-12,16,26,31,35H,8-9,13-14H2,1-3H3;2-5H2,1H3. The van der Waals surface area contributed by atoms with E-state index in [1.54, 1.807) is 36.0 Å². The molecule has 0 amide bonds. The lowest BCUT2D eigenvalue weighted by Gasteiger charge is -2.41. The fourth-order valence-corrected chi connectivity index (χ4v) is 7.93. The minimum Gasteiger partial charge on any atom is -0.508 e. The van der Waals surface area contributed by atoms with Gasteiger partial charge in [0.05, 0.1) is 18.0 Å². The first-order valence-corrected chi connectivity index (χ1v) is 16.2. The Morgan fingerprint density at radius 1 is 1.09 bits per heavy atom. The van der Waals surface area contributed by atoms with Crippen molar-refractivity contribution >= 4 is 39.3 Å². The zero-order valence-electron chi connectivity index (χ0n) is 25.2. The molecule has 0 radical (unpaired) electrons. The summed E-state index contributed by atoms with van der Waals surface area (Å²) in [5, 5.41) is 15.9. The van der Waals surface area contributed by atoms with E-state index >= 15 is 8.78 Å². The minimum absolute atomic E-state index is 0.0122. The lowest BCUT2D eigenvalue weighted by molar-refractivity contribution is 0.218. The fraction of sp³-hybridized carbons (Fsp3) is 0.455. The predicted octanol–water partition coefficient (Wildman–Crippen LogP) is 6.42. The van der Waals surface area contributed by atoms with Crippen molar-refractivity contribution < 1.29 is 18.6 Å². The Kier molecular flexibility index (Phi) is 8.37. The molecule has 8 rings (SSSR count). The number of fused-ring (bicyclic) bond motifs is 6. The van der Waals surface area contributed by atoms with Gasteiger partial charge in [0.1, 0.15) is 22.9 Å². The van der Waals surface area contributed by atoms with Crippen LogP contribution in [-0.2, 0) is 0 Å². The Balaban J connectivity index is 0.000000491. The molecule has 2 bridgehead atoms. The van der Waals surface area contributed by atoms with Crippen LogP contribution in [0.15, 0.2) is 42.5 Å². The maximum Gasteiger partial charge on any atom is 0.318 e. The topological polar surface area (TPSA) is 73.8 Å². The maximum atomic E-state index is 16.3. The second kappa shape index (κ2) is 12.1. The Bertz CT molecular complexity index is 1650. The van der Waals surface area contributed by atoms with Gasteiger partial charge in [-0.15, -0.1) is 11.8 Å². The van der Waals surface area contributed by atoms with Crippen molar-refractivity contribution in [2.45, 2.75) is 44.0 Å². The number of nitrogens with zero attached hydrogens (tertiary/aromatic N) is 4. The number of piperidine rings is 1. The van der Waals surface area contributed by atoms with Gasteiger partial charge >= 0.3 is 6.01 Å². The van der Waals surface area contributed by atoms with Crippen LogP contribution in [0.5, 0.6) is 11.8 Å². The second-order valence-electron chi connectivity index (χ2n) is 12.3. The van der Waals surface area contributed by atoms with Gasteiger partial charge in [0, 0.05) is 29.9 Å². The third-order valence-electron chi connectivity index (χ3n) is 9.08. The van der Waals surface area contributed by atoms with Crippen molar-refractivity contribution in [1.29, 1.82) is 0 Å². The highest BCUT2D eigenvalue weighted by atomic mass is 32.2. The van der Waals surface area contributed by atoms with Crippen molar-refractivity contribution in [3.05, 3.63) is 54.1 Å². The summed E-state index contributed by atoms with van der Waals surface area (Å²) in [4.78, 5) is 13.4. The number of phenols is 1. The number of phenolic OH excluding ortho intramolecular Hbond substituents is 1. The van der Waals surface area contributed by atoms with Gasteiger partial charge in [-0.3, -0.25) is 0 Å². The predicted molar refractivity (Wildman–Crippen MR) is 171 cm³/mol. The van der Waals surface area contributed by atoms with Gasteiger partial charge in [-0.25, -0.2) is 8.78 Å². The van der Waals surface area contributed by atoms with Crippen molar-refractivity contribution in [3.8, 4) is 22.9 Å². The molecule has 4 fully saturated rings. The first-order valence-electron chi connectivity index (χ1n) is 14.9. The van der Waals surface area contributed by atoms with Crippen molar-refractivity contribution in [2.75, 3.05) is 51.5 Å². The molecule has 7 nitrogen and oxygen atoms in total. The van der Waals surface area contributed by atoms with Gasteiger partial charge in [0.25, 0.3) is 0 Å². The van der Waals surface area contributed by atoms with E-state index in [-0.39, 0.29) is 45.2 Å². The molecule has 4 saturated heterocycles. The second-order valence-corrected chi connectivity index (χ2v) is 13.2. The average molecular weight is 608 g/mol. The van der Waals surface area contributed by atoms with E-state index in [0.29, 0.717) is 35.1 Å². The number of thioether (sulfide) groups is 1. The van der Waals surface area contributed by atoms with Crippen LogP contribution in [0.1, 0.15) is 32.6 Å². The number of halogens is 2. The number of aromatic nitrogens is 2. The normalized spacial score (nSPS) is 23.8. The van der Waals surface area contributed by atoms with Crippen molar-refractivity contribution in [3.63, 3.8) is 0 Å². The van der Waals surface area contributed by atoms with E-state index in [1.165, 1.54) is 45.2 Å². The molecule has 43 heavy (non-hydrogen) atoms. The summed E-state index contributed by atoms with van der Waals surface area (Å²) in [6.45, 7) is 6.26. The summed E-state index contributed by atoms with van der Waals surface area (Å²) in [5.74, 6) is -1.15. The molecule has 10 heteroatoms. The Labute approximate surface area is 255 Å². The highest BCUT2D eigenvalue weighted by molar-refractivity contribution is 7.99. The average Bonchev–Trinajstić information content (AvgIpc) is 3.35. The molecule has 3 atom stereocenters. The van der Waals surface area contributed by atoms with E-state index in [9.17, 15) is 5.11 Å². The number of methoxy groups -OCH3 is 1. The van der Waals surface area contributed by atoms with Gasteiger partial charge in [-0.1, -0.05) is 31.2 Å². The summed E-state index contributed by atoms with van der Waals surface area (Å²) in [6.07, 6.45) is 7.02. The number of nitrogens with one attached hydrogen (secondary N) is 1. The molecule has 0 aliphatic carbocycles. The fourth-order valence-electron chi connectivity index (χ4n) is 6.84. The summed E-state index contributed by atoms with van der Waals surface area (Å²) in [6, 6.07) is 11.7. The number of rotatable bonds is 4. The molecule has 0 saturated carbocycles. The van der Waals surface area contributed by atoms with Crippen LogP contribution in [-0.4, -0.2) is 78.0 Å². The maximum absolute atomic E-state index is 16.3. The molecule has 0 spiro atoms. The number of benzene rings is 3. The minimum atomic E-state index is -0.808. The highest BCUT2D eigenvalue weighted by Crippen LogP contribution is 2.44. The van der Waals surface area contributed by atoms with Crippen LogP contribution in [0.25, 0.3) is 32.8 Å². The number of ether oxygens (including phenoxy) is 1. The molecule has 3 aromatic carbocycles. The molecule has 5 heterocycles. The van der Waals surface area contributed by atoms with Gasteiger partial charge in [-0.2, -0.15) is 9.97 Å².